The number of methoxy groups -OCH3 is 1. The second kappa shape index (κ2) is 9.92. The molecule has 2 aromatic rings. The van der Waals surface area contributed by atoms with Gasteiger partial charge in [-0.1, -0.05) is 42.5 Å². The Hall–Kier alpha value is -2.93. The number of benzene rings is 2. The Balaban J connectivity index is 1.37. The molecule has 2 aliphatic heterocycles. The minimum atomic E-state index is -0.393. The molecule has 0 bridgehead atoms. The Bertz CT molecular complexity index is 942. The highest BCUT2D eigenvalue weighted by molar-refractivity contribution is 7.99. The first-order valence-electron chi connectivity index (χ1n) is 10.5. The van der Waals surface area contributed by atoms with Gasteiger partial charge in [-0.25, -0.2) is 0 Å². The van der Waals surface area contributed by atoms with E-state index in [0.29, 0.717) is 24.7 Å². The third kappa shape index (κ3) is 4.88. The van der Waals surface area contributed by atoms with Crippen LogP contribution < -0.4 is 9.64 Å². The number of carbonyl (C=O) groups is 2. The van der Waals surface area contributed by atoms with Gasteiger partial charge in [-0.2, -0.15) is 0 Å². The zero-order chi connectivity index (χ0) is 21.6. The molecule has 2 aromatic carbocycles. The Morgan fingerprint density at radius 1 is 1.00 bits per heavy atom. The van der Waals surface area contributed by atoms with Gasteiger partial charge in [-0.15, -0.1) is 11.8 Å². The first kappa shape index (κ1) is 21.3. The Labute approximate surface area is 187 Å². The van der Waals surface area contributed by atoms with Crippen LogP contribution in [0.5, 0.6) is 5.75 Å². The number of para-hydroxylation sites is 2. The van der Waals surface area contributed by atoms with Gasteiger partial charge in [0.05, 0.1) is 18.7 Å². The third-order valence-corrected chi connectivity index (χ3v) is 6.70. The summed E-state index contributed by atoms with van der Waals surface area (Å²) in [6, 6.07) is 17.3. The van der Waals surface area contributed by atoms with Crippen LogP contribution in [0, 0.1) is 0 Å². The summed E-state index contributed by atoms with van der Waals surface area (Å²) in [6.45, 7) is 2.77. The zero-order valence-electron chi connectivity index (χ0n) is 17.6. The molecule has 0 aromatic heterocycles. The fourth-order valence-corrected chi connectivity index (χ4v) is 5.12. The third-order valence-electron chi connectivity index (χ3n) is 5.69. The largest absolute Gasteiger partial charge is 0.495 e. The average Bonchev–Trinajstić information content (AvgIpc) is 3.33. The summed E-state index contributed by atoms with van der Waals surface area (Å²) in [5.41, 5.74) is 2.02. The van der Waals surface area contributed by atoms with Crippen molar-refractivity contribution in [1.82, 2.24) is 9.80 Å². The van der Waals surface area contributed by atoms with Crippen LogP contribution in [0.25, 0.3) is 6.08 Å². The van der Waals surface area contributed by atoms with Gasteiger partial charge < -0.3 is 19.4 Å². The van der Waals surface area contributed by atoms with E-state index in [1.807, 2.05) is 59.5 Å². The number of anilines is 1. The van der Waals surface area contributed by atoms with Crippen molar-refractivity contribution in [2.24, 2.45) is 0 Å². The lowest BCUT2D eigenvalue weighted by Gasteiger charge is -2.38. The molecule has 162 valence electrons. The van der Waals surface area contributed by atoms with Crippen molar-refractivity contribution in [2.75, 3.05) is 49.8 Å². The van der Waals surface area contributed by atoms with Crippen LogP contribution in [0.3, 0.4) is 0 Å². The number of ether oxygens (including phenoxy) is 1. The molecular formula is C24H27N3O3S. The summed E-state index contributed by atoms with van der Waals surface area (Å²) in [4.78, 5) is 31.8. The molecule has 1 unspecified atom stereocenters. The number of piperazine rings is 1. The van der Waals surface area contributed by atoms with Gasteiger partial charge in [0.2, 0.25) is 11.8 Å². The van der Waals surface area contributed by atoms with Crippen LogP contribution in [0.1, 0.15) is 5.56 Å². The maximum atomic E-state index is 13.2. The van der Waals surface area contributed by atoms with Gasteiger partial charge in [-0.3, -0.25) is 9.59 Å². The van der Waals surface area contributed by atoms with E-state index in [4.69, 9.17) is 4.74 Å². The highest BCUT2D eigenvalue weighted by atomic mass is 32.2. The van der Waals surface area contributed by atoms with E-state index in [1.54, 1.807) is 35.9 Å². The van der Waals surface area contributed by atoms with Crippen LogP contribution in [0.15, 0.2) is 60.7 Å². The molecule has 31 heavy (non-hydrogen) atoms. The standard InChI is InChI=1S/C24H27N3O3S/c1-30-22-10-6-5-9-20(22)25-13-15-26(16-14-25)24(29)21-17-31-18-27(21)23(28)12-11-19-7-3-2-4-8-19/h2-12,21H,13-18H2,1H3/b12-11+. The molecule has 7 heteroatoms. The van der Waals surface area contributed by atoms with Gasteiger partial charge in [0, 0.05) is 38.0 Å². The van der Waals surface area contributed by atoms with Gasteiger partial charge in [-0.05, 0) is 23.8 Å². The summed E-state index contributed by atoms with van der Waals surface area (Å²) in [5, 5.41) is 0. The first-order valence-corrected chi connectivity index (χ1v) is 11.6. The molecule has 0 saturated carbocycles. The second-order valence-electron chi connectivity index (χ2n) is 7.55. The Morgan fingerprint density at radius 2 is 1.71 bits per heavy atom. The van der Waals surface area contributed by atoms with Crippen molar-refractivity contribution in [2.45, 2.75) is 6.04 Å². The number of rotatable bonds is 5. The van der Waals surface area contributed by atoms with Crippen LogP contribution >= 0.6 is 11.8 Å². The molecule has 0 aliphatic carbocycles. The smallest absolute Gasteiger partial charge is 0.247 e. The molecule has 0 N–H and O–H groups in total. The molecule has 2 saturated heterocycles. The van der Waals surface area contributed by atoms with Crippen LogP contribution in [-0.4, -0.2) is 72.6 Å². The predicted octanol–water partition coefficient (Wildman–Crippen LogP) is 2.96. The van der Waals surface area contributed by atoms with Crippen LogP contribution in [-0.2, 0) is 9.59 Å². The molecule has 4 rings (SSSR count). The summed E-state index contributed by atoms with van der Waals surface area (Å²) in [7, 11) is 1.67. The molecule has 2 amide bonds. The van der Waals surface area contributed by atoms with E-state index < -0.39 is 6.04 Å². The maximum absolute atomic E-state index is 13.2. The minimum absolute atomic E-state index is 0.0473. The Morgan fingerprint density at radius 3 is 2.45 bits per heavy atom. The molecule has 2 heterocycles. The van der Waals surface area contributed by atoms with E-state index in [2.05, 4.69) is 4.90 Å². The van der Waals surface area contributed by atoms with Gasteiger partial charge >= 0.3 is 0 Å². The number of nitrogens with zero attached hydrogens (tertiary/aromatic N) is 3. The average molecular weight is 438 g/mol. The van der Waals surface area contributed by atoms with Crippen molar-refractivity contribution >= 4 is 35.3 Å². The van der Waals surface area contributed by atoms with Gasteiger partial charge in [0.25, 0.3) is 0 Å². The lowest BCUT2D eigenvalue weighted by atomic mass is 10.2. The number of thioether (sulfide) groups is 1. The SMILES string of the molecule is COc1ccccc1N1CCN(C(=O)C2CSCN2C(=O)/C=C/c2ccccc2)CC1. The van der Waals surface area contributed by atoms with Crippen LogP contribution in [0.4, 0.5) is 5.69 Å². The summed E-state index contributed by atoms with van der Waals surface area (Å²) >= 11 is 1.63. The fourth-order valence-electron chi connectivity index (χ4n) is 3.96. The van der Waals surface area contributed by atoms with Crippen molar-refractivity contribution in [3.63, 3.8) is 0 Å². The predicted molar refractivity (Wildman–Crippen MR) is 125 cm³/mol. The Kier molecular flexibility index (Phi) is 6.82. The molecule has 1 atom stereocenters. The van der Waals surface area contributed by atoms with Gasteiger partial charge in [0.15, 0.2) is 0 Å². The van der Waals surface area contributed by atoms with E-state index in [0.717, 1.165) is 30.1 Å². The lowest BCUT2D eigenvalue weighted by molar-refractivity contribution is -0.141. The molecule has 2 aliphatic rings. The van der Waals surface area contributed by atoms with Crippen molar-refractivity contribution in [3.05, 3.63) is 66.2 Å². The normalized spacial score (nSPS) is 19.1. The molecule has 0 spiro atoms. The molecule has 2 fully saturated rings. The molecule has 0 radical (unpaired) electrons. The van der Waals surface area contributed by atoms with E-state index in [1.165, 1.54) is 0 Å². The number of amides is 2. The van der Waals surface area contributed by atoms with Crippen LogP contribution in [0.2, 0.25) is 0 Å². The zero-order valence-corrected chi connectivity index (χ0v) is 18.5. The van der Waals surface area contributed by atoms with E-state index >= 15 is 0 Å². The van der Waals surface area contributed by atoms with Crippen molar-refractivity contribution in [3.8, 4) is 5.75 Å². The molecular weight excluding hydrogens is 410 g/mol. The van der Waals surface area contributed by atoms with Crippen molar-refractivity contribution in [1.29, 1.82) is 0 Å². The lowest BCUT2D eigenvalue weighted by Crippen LogP contribution is -2.55. The second-order valence-corrected chi connectivity index (χ2v) is 8.55. The monoisotopic (exact) mass is 437 g/mol. The fraction of sp³-hybridized carbons (Fsp3) is 0.333. The first-order chi connectivity index (χ1) is 15.2. The van der Waals surface area contributed by atoms with Crippen molar-refractivity contribution < 1.29 is 14.3 Å². The highest BCUT2D eigenvalue weighted by Gasteiger charge is 2.37. The maximum Gasteiger partial charge on any atom is 0.247 e. The highest BCUT2D eigenvalue weighted by Crippen LogP contribution is 2.29. The summed E-state index contributed by atoms with van der Waals surface area (Å²) in [6.07, 6.45) is 3.37. The van der Waals surface area contributed by atoms with Gasteiger partial charge in [0.1, 0.15) is 11.8 Å². The summed E-state index contributed by atoms with van der Waals surface area (Å²) < 4.78 is 5.47. The number of carbonyl (C=O) groups excluding carboxylic acids is 2. The molecule has 6 nitrogen and oxygen atoms in total. The van der Waals surface area contributed by atoms with E-state index in [9.17, 15) is 9.59 Å². The summed E-state index contributed by atoms with van der Waals surface area (Å²) in [5.74, 6) is 1.98. The minimum Gasteiger partial charge on any atom is -0.495 e. The number of hydrogen-bond donors (Lipinski definition) is 0. The quantitative estimate of drug-likeness (QED) is 0.674. The number of hydrogen-bond acceptors (Lipinski definition) is 5. The van der Waals surface area contributed by atoms with E-state index in [-0.39, 0.29) is 11.8 Å². The topological polar surface area (TPSA) is 53.1 Å².